The number of hydrogen-bond donors (Lipinski definition) is 1. The van der Waals surface area contributed by atoms with Crippen molar-refractivity contribution in [3.05, 3.63) is 69.8 Å². The van der Waals surface area contributed by atoms with Crippen LogP contribution in [0.1, 0.15) is 36.7 Å². The van der Waals surface area contributed by atoms with E-state index in [0.29, 0.717) is 22.0 Å². The highest BCUT2D eigenvalue weighted by Gasteiger charge is 2.18. The molecule has 0 saturated heterocycles. The largest absolute Gasteiger partial charge is 0.320 e. The summed E-state index contributed by atoms with van der Waals surface area (Å²) in [5.74, 6) is 0.212. The number of nitrogens with zero attached hydrogens (tertiary/aromatic N) is 4. The van der Waals surface area contributed by atoms with Gasteiger partial charge in [0.1, 0.15) is 16.8 Å². The number of carbonyl (C=O) groups excluding carboxylic acids is 1. The van der Waals surface area contributed by atoms with Crippen LogP contribution in [0.25, 0.3) is 5.69 Å². The molecular formula is C23H25N5O2S. The predicted molar refractivity (Wildman–Crippen MR) is 123 cm³/mol. The molecule has 7 nitrogen and oxygen atoms in total. The van der Waals surface area contributed by atoms with Crippen LogP contribution in [0, 0.1) is 18.3 Å². The van der Waals surface area contributed by atoms with E-state index in [1.54, 1.807) is 24.7 Å². The van der Waals surface area contributed by atoms with Crippen LogP contribution in [-0.2, 0) is 18.3 Å². The number of pyridine rings is 1. The van der Waals surface area contributed by atoms with E-state index in [2.05, 4.69) is 23.3 Å². The molecule has 1 amide bonds. The fourth-order valence-electron chi connectivity index (χ4n) is 3.22. The van der Waals surface area contributed by atoms with Gasteiger partial charge in [0.2, 0.25) is 5.91 Å². The summed E-state index contributed by atoms with van der Waals surface area (Å²) in [4.78, 5) is 30.0. The van der Waals surface area contributed by atoms with Gasteiger partial charge in [-0.25, -0.2) is 9.67 Å². The number of hydrogen-bond acceptors (Lipinski definition) is 5. The Morgan fingerprint density at radius 1 is 1.23 bits per heavy atom. The number of rotatable bonds is 8. The van der Waals surface area contributed by atoms with Crippen LogP contribution in [0.15, 0.2) is 52.3 Å². The number of benzene rings is 1. The van der Waals surface area contributed by atoms with Crippen LogP contribution >= 0.6 is 11.8 Å². The topological polar surface area (TPSA) is 92.7 Å². The summed E-state index contributed by atoms with van der Waals surface area (Å²) in [6.45, 7) is 3.88. The van der Waals surface area contributed by atoms with Crippen molar-refractivity contribution in [3.8, 4) is 11.8 Å². The zero-order valence-electron chi connectivity index (χ0n) is 17.9. The molecule has 0 aliphatic heterocycles. The molecule has 0 saturated carbocycles. The average molecular weight is 436 g/mol. The molecule has 8 heteroatoms. The molecule has 0 spiro atoms. The Labute approximate surface area is 185 Å². The van der Waals surface area contributed by atoms with Crippen molar-refractivity contribution in [2.45, 2.75) is 38.1 Å². The molecule has 3 rings (SSSR count). The van der Waals surface area contributed by atoms with E-state index >= 15 is 0 Å². The third-order valence-corrected chi connectivity index (χ3v) is 5.92. The van der Waals surface area contributed by atoms with Gasteiger partial charge in [0.15, 0.2) is 0 Å². The number of aromatic nitrogens is 3. The molecule has 0 aliphatic rings. The summed E-state index contributed by atoms with van der Waals surface area (Å²) < 4.78 is 3.26. The number of para-hydroxylation sites is 1. The van der Waals surface area contributed by atoms with Crippen LogP contribution in [0.5, 0.6) is 0 Å². The second kappa shape index (κ2) is 10.1. The Hall–Kier alpha value is -3.31. The first-order valence-electron chi connectivity index (χ1n) is 10.1. The van der Waals surface area contributed by atoms with Crippen LogP contribution < -0.4 is 10.9 Å². The minimum absolute atomic E-state index is 0.203. The molecule has 160 valence electrons. The first-order valence-corrected chi connectivity index (χ1v) is 11.1. The van der Waals surface area contributed by atoms with E-state index < -0.39 is 0 Å². The maximum Gasteiger partial charge on any atom is 0.295 e. The van der Waals surface area contributed by atoms with Crippen LogP contribution in [0.4, 0.5) is 5.69 Å². The summed E-state index contributed by atoms with van der Waals surface area (Å²) in [5.41, 5.74) is 2.87. The molecule has 0 fully saturated rings. The van der Waals surface area contributed by atoms with Gasteiger partial charge in [0, 0.05) is 24.9 Å². The summed E-state index contributed by atoms with van der Waals surface area (Å²) in [7, 11) is 1.79. The van der Waals surface area contributed by atoms with E-state index in [4.69, 9.17) is 0 Å². The fraction of sp³-hybridized carbons (Fsp3) is 0.304. The Balaban J connectivity index is 1.68. The van der Waals surface area contributed by atoms with Gasteiger partial charge in [-0.05, 0) is 37.6 Å². The Bertz CT molecular complexity index is 1180. The Morgan fingerprint density at radius 3 is 2.65 bits per heavy atom. The molecule has 31 heavy (non-hydrogen) atoms. The lowest BCUT2D eigenvalue weighted by Crippen LogP contribution is -2.23. The minimum atomic E-state index is -0.270. The summed E-state index contributed by atoms with van der Waals surface area (Å²) >= 11 is 1.38. The molecule has 2 heterocycles. The molecule has 1 N–H and O–H groups in total. The minimum Gasteiger partial charge on any atom is -0.320 e. The van der Waals surface area contributed by atoms with Gasteiger partial charge < -0.3 is 5.32 Å². The summed E-state index contributed by atoms with van der Waals surface area (Å²) in [5, 5.41) is 12.7. The van der Waals surface area contributed by atoms with Crippen molar-refractivity contribution >= 4 is 23.4 Å². The number of carbonyl (C=O) groups is 1. The number of aryl methyl sites for hydroxylation is 1. The maximum atomic E-state index is 12.9. The smallest absolute Gasteiger partial charge is 0.295 e. The van der Waals surface area contributed by atoms with Crippen molar-refractivity contribution < 1.29 is 4.79 Å². The zero-order valence-corrected chi connectivity index (χ0v) is 18.7. The fourth-order valence-corrected chi connectivity index (χ4v) is 4.16. The van der Waals surface area contributed by atoms with Crippen molar-refractivity contribution in [2.24, 2.45) is 7.05 Å². The molecule has 0 unspecified atom stereocenters. The van der Waals surface area contributed by atoms with E-state index in [0.717, 1.165) is 24.2 Å². The highest BCUT2D eigenvalue weighted by Crippen LogP contribution is 2.22. The molecule has 2 aromatic heterocycles. The molecule has 3 aromatic rings. The summed E-state index contributed by atoms with van der Waals surface area (Å²) in [6.07, 6.45) is 2.03. The van der Waals surface area contributed by atoms with Gasteiger partial charge in [-0.2, -0.15) is 5.26 Å². The summed E-state index contributed by atoms with van der Waals surface area (Å²) in [6, 6.07) is 15.1. The SMILES string of the molecule is CCCc1ccc(C#N)c(SCCC(=O)Nc2c(C)n(C)n(-c3ccccc3)c2=O)n1. The van der Waals surface area contributed by atoms with Gasteiger partial charge in [0.25, 0.3) is 5.56 Å². The van der Waals surface area contributed by atoms with Crippen LogP contribution in [-0.4, -0.2) is 26.0 Å². The van der Waals surface area contributed by atoms with E-state index in [1.807, 2.05) is 36.4 Å². The quantitative estimate of drug-likeness (QED) is 0.543. The molecule has 1 aromatic carbocycles. The van der Waals surface area contributed by atoms with Gasteiger partial charge in [0.05, 0.1) is 16.9 Å². The Morgan fingerprint density at radius 2 is 1.97 bits per heavy atom. The van der Waals surface area contributed by atoms with Gasteiger partial charge >= 0.3 is 0 Å². The number of nitrogens with one attached hydrogen (secondary N) is 1. The number of anilines is 1. The maximum absolute atomic E-state index is 12.9. The molecular weight excluding hydrogens is 410 g/mol. The highest BCUT2D eigenvalue weighted by molar-refractivity contribution is 7.99. The van der Waals surface area contributed by atoms with Gasteiger partial charge in [-0.15, -0.1) is 11.8 Å². The van der Waals surface area contributed by atoms with Crippen LogP contribution in [0.3, 0.4) is 0 Å². The number of amides is 1. The van der Waals surface area contributed by atoms with E-state index in [1.165, 1.54) is 16.4 Å². The average Bonchev–Trinajstić information content (AvgIpc) is 2.98. The first-order chi connectivity index (χ1) is 15.0. The normalized spacial score (nSPS) is 10.6. The molecule has 0 aliphatic carbocycles. The van der Waals surface area contributed by atoms with E-state index in [9.17, 15) is 14.9 Å². The van der Waals surface area contributed by atoms with E-state index in [-0.39, 0.29) is 23.6 Å². The molecule has 0 radical (unpaired) electrons. The van der Waals surface area contributed by atoms with Crippen molar-refractivity contribution in [1.82, 2.24) is 14.3 Å². The number of nitriles is 1. The third-order valence-electron chi connectivity index (χ3n) is 4.93. The molecule has 0 atom stereocenters. The van der Waals surface area contributed by atoms with Crippen LogP contribution in [0.2, 0.25) is 0 Å². The number of thioether (sulfide) groups is 1. The standard InChI is InChI=1S/C23H25N5O2S/c1-4-8-18-12-11-17(15-24)22(25-18)31-14-13-20(29)26-21-16(2)27(3)28(23(21)30)19-9-6-5-7-10-19/h5-7,9-12H,4,8,13-14H2,1-3H3,(H,26,29). The first kappa shape index (κ1) is 22.4. The lowest BCUT2D eigenvalue weighted by Gasteiger charge is -2.07. The van der Waals surface area contributed by atoms with Crippen molar-refractivity contribution in [3.63, 3.8) is 0 Å². The highest BCUT2D eigenvalue weighted by atomic mass is 32.2. The van der Waals surface area contributed by atoms with Crippen molar-refractivity contribution in [2.75, 3.05) is 11.1 Å². The second-order valence-electron chi connectivity index (χ2n) is 7.10. The van der Waals surface area contributed by atoms with Crippen molar-refractivity contribution in [1.29, 1.82) is 5.26 Å². The lowest BCUT2D eigenvalue weighted by atomic mass is 10.2. The second-order valence-corrected chi connectivity index (χ2v) is 8.18. The third kappa shape index (κ3) is 5.06. The van der Waals surface area contributed by atoms with Gasteiger partial charge in [-0.1, -0.05) is 31.5 Å². The monoisotopic (exact) mass is 435 g/mol. The Kier molecular flexibility index (Phi) is 7.32. The lowest BCUT2D eigenvalue weighted by molar-refractivity contribution is -0.115. The molecule has 0 bridgehead atoms. The van der Waals surface area contributed by atoms with Gasteiger partial charge in [-0.3, -0.25) is 14.3 Å². The zero-order chi connectivity index (χ0) is 22.4. The predicted octanol–water partition coefficient (Wildman–Crippen LogP) is 3.82.